The van der Waals surface area contributed by atoms with E-state index in [0.29, 0.717) is 0 Å². The van der Waals surface area contributed by atoms with Crippen LogP contribution in [0.15, 0.2) is 29.2 Å². The molecule has 0 fully saturated rings. The number of hydrogen-bond acceptors (Lipinski definition) is 5. The van der Waals surface area contributed by atoms with Crippen LogP contribution < -0.4 is 0 Å². The summed E-state index contributed by atoms with van der Waals surface area (Å²) in [5.41, 5.74) is 0.0763. The molecule has 102 valence electrons. The maximum atomic E-state index is 12.2. The highest BCUT2D eigenvalue weighted by Crippen LogP contribution is 2.18. The first-order chi connectivity index (χ1) is 8.93. The van der Waals surface area contributed by atoms with Gasteiger partial charge in [0.05, 0.1) is 24.0 Å². The van der Waals surface area contributed by atoms with Crippen LogP contribution in [-0.4, -0.2) is 39.4 Å². The Kier molecular flexibility index (Phi) is 5.03. The first-order valence-corrected chi connectivity index (χ1v) is 6.89. The number of sulfonamides is 1. The molecule has 0 spiro atoms. The van der Waals surface area contributed by atoms with Crippen molar-refractivity contribution >= 4 is 16.0 Å². The normalized spacial score (nSPS) is 11.1. The molecule has 0 N–H and O–H groups in total. The average molecular weight is 282 g/mol. The zero-order valence-corrected chi connectivity index (χ0v) is 11.5. The molecule has 0 radical (unpaired) electrons. The van der Waals surface area contributed by atoms with E-state index >= 15 is 0 Å². The Morgan fingerprint density at radius 1 is 1.42 bits per heavy atom. The highest BCUT2D eigenvalue weighted by atomic mass is 32.2. The fourth-order valence-electron chi connectivity index (χ4n) is 1.42. The van der Waals surface area contributed by atoms with Crippen molar-refractivity contribution in [1.29, 1.82) is 5.26 Å². The summed E-state index contributed by atoms with van der Waals surface area (Å²) in [4.78, 5) is 10.9. The highest BCUT2D eigenvalue weighted by Gasteiger charge is 2.24. The summed E-state index contributed by atoms with van der Waals surface area (Å²) in [6, 6.07) is 7.76. The number of nitriles is 1. The molecule has 19 heavy (non-hydrogen) atoms. The largest absolute Gasteiger partial charge is 0.469 e. The summed E-state index contributed by atoms with van der Waals surface area (Å²) in [5, 5.41) is 8.91. The van der Waals surface area contributed by atoms with Gasteiger partial charge in [-0.05, 0) is 12.1 Å². The Bertz CT molecular complexity index is 604. The van der Waals surface area contributed by atoms with Gasteiger partial charge in [0, 0.05) is 13.6 Å². The molecule has 0 saturated carbocycles. The minimum Gasteiger partial charge on any atom is -0.469 e. The standard InChI is InChI=1S/C12H14N2O4S/c1-14(8-7-12(15)18-2)19(16,17)11-6-4-3-5-10(11)9-13/h3-6H,7-8H2,1-2H3. The van der Waals surface area contributed by atoms with E-state index in [4.69, 9.17) is 5.26 Å². The van der Waals surface area contributed by atoms with Crippen LogP contribution >= 0.6 is 0 Å². The maximum absolute atomic E-state index is 12.2. The second-order valence-corrected chi connectivity index (χ2v) is 5.77. The number of methoxy groups -OCH3 is 1. The SMILES string of the molecule is COC(=O)CCN(C)S(=O)(=O)c1ccccc1C#N. The van der Waals surface area contributed by atoms with Crippen molar-refractivity contribution in [2.75, 3.05) is 20.7 Å². The Labute approximate surface area is 112 Å². The van der Waals surface area contributed by atoms with Crippen LogP contribution in [0, 0.1) is 11.3 Å². The van der Waals surface area contributed by atoms with Gasteiger partial charge in [0.15, 0.2) is 0 Å². The van der Waals surface area contributed by atoms with E-state index in [1.54, 1.807) is 12.1 Å². The number of esters is 1. The zero-order chi connectivity index (χ0) is 14.5. The molecule has 0 atom stereocenters. The molecule has 0 saturated heterocycles. The van der Waals surface area contributed by atoms with Crippen molar-refractivity contribution < 1.29 is 17.9 Å². The Morgan fingerprint density at radius 3 is 2.63 bits per heavy atom. The molecule has 0 aliphatic carbocycles. The summed E-state index contributed by atoms with van der Waals surface area (Å²) < 4.78 is 29.9. The van der Waals surface area contributed by atoms with Crippen LogP contribution in [-0.2, 0) is 19.6 Å². The molecule has 1 aromatic carbocycles. The smallest absolute Gasteiger partial charge is 0.306 e. The molecule has 0 aromatic heterocycles. The van der Waals surface area contributed by atoms with E-state index in [2.05, 4.69) is 4.74 Å². The van der Waals surface area contributed by atoms with Crippen LogP contribution in [0.4, 0.5) is 0 Å². The Hall–Kier alpha value is -1.91. The van der Waals surface area contributed by atoms with Crippen molar-refractivity contribution in [2.24, 2.45) is 0 Å². The van der Waals surface area contributed by atoms with Gasteiger partial charge in [-0.25, -0.2) is 12.7 Å². The molecule has 0 bridgehead atoms. The quantitative estimate of drug-likeness (QED) is 0.743. The maximum Gasteiger partial charge on any atom is 0.306 e. The van der Waals surface area contributed by atoms with Gasteiger partial charge in [-0.3, -0.25) is 4.79 Å². The third-order valence-corrected chi connectivity index (χ3v) is 4.47. The molecule has 1 rings (SSSR count). The highest BCUT2D eigenvalue weighted by molar-refractivity contribution is 7.89. The van der Waals surface area contributed by atoms with Gasteiger partial charge in [-0.15, -0.1) is 0 Å². The summed E-state index contributed by atoms with van der Waals surface area (Å²) in [6.07, 6.45) is -0.0407. The van der Waals surface area contributed by atoms with E-state index in [0.717, 1.165) is 4.31 Å². The van der Waals surface area contributed by atoms with Crippen molar-refractivity contribution in [1.82, 2.24) is 4.31 Å². The number of ether oxygens (including phenoxy) is 1. The van der Waals surface area contributed by atoms with E-state index in [1.165, 1.54) is 26.3 Å². The second-order valence-electron chi connectivity index (χ2n) is 3.76. The monoisotopic (exact) mass is 282 g/mol. The van der Waals surface area contributed by atoms with Gasteiger partial charge >= 0.3 is 5.97 Å². The van der Waals surface area contributed by atoms with Gasteiger partial charge in [0.25, 0.3) is 0 Å². The number of hydrogen-bond donors (Lipinski definition) is 0. The minimum absolute atomic E-state index is 0.00519. The van der Waals surface area contributed by atoms with Crippen LogP contribution in [0.3, 0.4) is 0 Å². The lowest BCUT2D eigenvalue weighted by atomic mass is 10.2. The van der Waals surface area contributed by atoms with Gasteiger partial charge in [0.2, 0.25) is 10.0 Å². The molecule has 0 aliphatic heterocycles. The van der Waals surface area contributed by atoms with Crippen molar-refractivity contribution in [3.63, 3.8) is 0 Å². The summed E-state index contributed by atoms with van der Waals surface area (Å²) in [6.45, 7) is -0.00519. The number of carbonyl (C=O) groups excluding carboxylic acids is 1. The fourth-order valence-corrected chi connectivity index (χ4v) is 2.73. The van der Waals surface area contributed by atoms with Gasteiger partial charge in [-0.2, -0.15) is 5.26 Å². The molecule has 0 amide bonds. The average Bonchev–Trinajstić information content (AvgIpc) is 2.43. The summed E-state index contributed by atoms with van der Waals surface area (Å²) in [7, 11) is -1.19. The number of carbonyl (C=O) groups is 1. The van der Waals surface area contributed by atoms with Gasteiger partial charge in [0.1, 0.15) is 6.07 Å². The molecular formula is C12H14N2O4S. The molecule has 6 nitrogen and oxygen atoms in total. The third kappa shape index (κ3) is 3.53. The topological polar surface area (TPSA) is 87.5 Å². The third-order valence-electron chi connectivity index (χ3n) is 2.55. The molecule has 7 heteroatoms. The first-order valence-electron chi connectivity index (χ1n) is 5.45. The van der Waals surface area contributed by atoms with E-state index in [1.807, 2.05) is 6.07 Å². The Balaban J connectivity index is 2.98. The van der Waals surface area contributed by atoms with Crippen molar-refractivity contribution in [3.8, 4) is 6.07 Å². The molecule has 0 unspecified atom stereocenters. The first kappa shape index (κ1) is 15.1. The van der Waals surface area contributed by atoms with E-state index < -0.39 is 16.0 Å². The summed E-state index contributed by atoms with van der Waals surface area (Å²) in [5.74, 6) is -0.490. The lowest BCUT2D eigenvalue weighted by Gasteiger charge is -2.17. The van der Waals surface area contributed by atoms with Crippen LogP contribution in [0.25, 0.3) is 0 Å². The van der Waals surface area contributed by atoms with Crippen molar-refractivity contribution in [2.45, 2.75) is 11.3 Å². The lowest BCUT2D eigenvalue weighted by Crippen LogP contribution is -2.30. The number of benzene rings is 1. The molecule has 0 heterocycles. The second kappa shape index (κ2) is 6.31. The van der Waals surface area contributed by atoms with Crippen LogP contribution in [0.2, 0.25) is 0 Å². The number of rotatable bonds is 5. The molecular weight excluding hydrogens is 268 g/mol. The predicted octanol–water partition coefficient (Wildman–Crippen LogP) is 0.742. The van der Waals surface area contributed by atoms with Gasteiger partial charge in [-0.1, -0.05) is 12.1 Å². The minimum atomic E-state index is -3.78. The van der Waals surface area contributed by atoms with E-state index in [-0.39, 0.29) is 23.4 Å². The molecule has 1 aromatic rings. The summed E-state index contributed by atoms with van der Waals surface area (Å²) >= 11 is 0. The van der Waals surface area contributed by atoms with Crippen LogP contribution in [0.1, 0.15) is 12.0 Å². The van der Waals surface area contributed by atoms with Crippen LogP contribution in [0.5, 0.6) is 0 Å². The lowest BCUT2D eigenvalue weighted by molar-refractivity contribution is -0.140. The fraction of sp³-hybridized carbons (Fsp3) is 0.333. The molecule has 0 aliphatic rings. The van der Waals surface area contributed by atoms with Gasteiger partial charge < -0.3 is 4.74 Å². The number of nitrogens with zero attached hydrogens (tertiary/aromatic N) is 2. The predicted molar refractivity (Wildman–Crippen MR) is 67.6 cm³/mol. The Morgan fingerprint density at radius 2 is 2.05 bits per heavy atom. The zero-order valence-electron chi connectivity index (χ0n) is 10.7. The van der Waals surface area contributed by atoms with E-state index in [9.17, 15) is 13.2 Å². The van der Waals surface area contributed by atoms with Crippen molar-refractivity contribution in [3.05, 3.63) is 29.8 Å².